The van der Waals surface area contributed by atoms with Crippen molar-refractivity contribution in [3.8, 4) is 0 Å². The molecular formula is C15H22O2. The fourth-order valence-electron chi connectivity index (χ4n) is 1.80. The molecule has 0 aromatic heterocycles. The Hall–Kier alpha value is -1.12. The molecule has 0 aliphatic heterocycles. The van der Waals surface area contributed by atoms with E-state index in [0.29, 0.717) is 0 Å². The van der Waals surface area contributed by atoms with E-state index in [0.717, 1.165) is 11.1 Å². The highest BCUT2D eigenvalue weighted by atomic mass is 16.3. The van der Waals surface area contributed by atoms with Gasteiger partial charge in [-0.3, -0.25) is 0 Å². The summed E-state index contributed by atoms with van der Waals surface area (Å²) in [5.41, 5.74) is 3.25. The molecule has 0 amide bonds. The third kappa shape index (κ3) is 3.99. The van der Waals surface area contributed by atoms with E-state index < -0.39 is 12.2 Å². The first-order chi connectivity index (χ1) is 7.91. The number of hydrogen-bond donors (Lipinski definition) is 2. The van der Waals surface area contributed by atoms with Crippen LogP contribution in [-0.4, -0.2) is 22.4 Å². The van der Waals surface area contributed by atoms with Crippen molar-refractivity contribution in [2.45, 2.75) is 45.8 Å². The third-order valence-corrected chi connectivity index (χ3v) is 2.97. The average molecular weight is 234 g/mol. The average Bonchev–Trinajstić information content (AvgIpc) is 2.27. The summed E-state index contributed by atoms with van der Waals surface area (Å²) in [6, 6.07) is 8.04. The zero-order valence-corrected chi connectivity index (χ0v) is 11.0. The molecule has 17 heavy (non-hydrogen) atoms. The number of benzene rings is 1. The second-order valence-electron chi connectivity index (χ2n) is 4.92. The maximum absolute atomic E-state index is 10.1. The molecule has 0 bridgehead atoms. The van der Waals surface area contributed by atoms with Gasteiger partial charge >= 0.3 is 0 Å². The van der Waals surface area contributed by atoms with Gasteiger partial charge in [-0.25, -0.2) is 0 Å². The van der Waals surface area contributed by atoms with Crippen molar-refractivity contribution in [3.63, 3.8) is 0 Å². The largest absolute Gasteiger partial charge is 0.389 e. The van der Waals surface area contributed by atoms with Crippen LogP contribution in [0.2, 0.25) is 0 Å². The van der Waals surface area contributed by atoms with Gasteiger partial charge in [0.25, 0.3) is 0 Å². The van der Waals surface area contributed by atoms with Crippen molar-refractivity contribution < 1.29 is 10.2 Å². The minimum atomic E-state index is -0.809. The minimum Gasteiger partial charge on any atom is -0.389 e. The highest BCUT2D eigenvalue weighted by molar-refractivity contribution is 5.25. The molecule has 1 aromatic rings. The third-order valence-electron chi connectivity index (χ3n) is 2.97. The first kappa shape index (κ1) is 13.9. The molecule has 0 unspecified atom stereocenters. The van der Waals surface area contributed by atoms with E-state index in [1.165, 1.54) is 5.56 Å². The van der Waals surface area contributed by atoms with E-state index in [-0.39, 0.29) is 5.92 Å². The summed E-state index contributed by atoms with van der Waals surface area (Å²) in [7, 11) is 0. The summed E-state index contributed by atoms with van der Waals surface area (Å²) in [5.74, 6) is -0.0822. The lowest BCUT2D eigenvalue weighted by Gasteiger charge is -2.22. The molecule has 94 valence electrons. The van der Waals surface area contributed by atoms with Crippen LogP contribution in [0.25, 0.3) is 0 Å². The van der Waals surface area contributed by atoms with Crippen LogP contribution in [0.1, 0.15) is 37.8 Å². The van der Waals surface area contributed by atoms with E-state index >= 15 is 0 Å². The highest BCUT2D eigenvalue weighted by Crippen LogP contribution is 2.22. The van der Waals surface area contributed by atoms with Gasteiger partial charge in [-0.05, 0) is 26.3 Å². The van der Waals surface area contributed by atoms with Crippen molar-refractivity contribution in [1.82, 2.24) is 0 Å². The zero-order valence-electron chi connectivity index (χ0n) is 11.0. The topological polar surface area (TPSA) is 40.5 Å². The van der Waals surface area contributed by atoms with Crippen LogP contribution in [0.4, 0.5) is 0 Å². The molecule has 3 atom stereocenters. The highest BCUT2D eigenvalue weighted by Gasteiger charge is 2.22. The zero-order chi connectivity index (χ0) is 13.0. The first-order valence-electron chi connectivity index (χ1n) is 5.99. The Bertz CT molecular complexity index is 374. The molecule has 0 aliphatic rings. The molecule has 2 heteroatoms. The van der Waals surface area contributed by atoms with E-state index in [9.17, 15) is 10.2 Å². The number of allylic oxidation sites excluding steroid dienone is 1. The van der Waals surface area contributed by atoms with Gasteiger partial charge in [-0.15, -0.1) is 0 Å². The fourth-order valence-corrected chi connectivity index (χ4v) is 1.80. The van der Waals surface area contributed by atoms with Crippen molar-refractivity contribution >= 4 is 0 Å². The number of hydrogen-bond acceptors (Lipinski definition) is 2. The Labute approximate surface area is 104 Å². The van der Waals surface area contributed by atoms with Crippen LogP contribution in [0.3, 0.4) is 0 Å². The van der Waals surface area contributed by atoms with Gasteiger partial charge < -0.3 is 10.2 Å². The second kappa shape index (κ2) is 5.99. The van der Waals surface area contributed by atoms with Gasteiger partial charge in [0, 0.05) is 5.92 Å². The quantitative estimate of drug-likeness (QED) is 0.786. The van der Waals surface area contributed by atoms with Gasteiger partial charge in [0.05, 0.1) is 12.2 Å². The lowest BCUT2D eigenvalue weighted by Crippen LogP contribution is -2.29. The van der Waals surface area contributed by atoms with Crippen LogP contribution >= 0.6 is 0 Å². The van der Waals surface area contributed by atoms with Gasteiger partial charge in [0.1, 0.15) is 0 Å². The van der Waals surface area contributed by atoms with Crippen LogP contribution in [0.15, 0.2) is 35.9 Å². The molecule has 0 aliphatic carbocycles. The van der Waals surface area contributed by atoms with Crippen LogP contribution in [0, 0.1) is 6.92 Å². The molecular weight excluding hydrogens is 212 g/mol. The van der Waals surface area contributed by atoms with E-state index in [4.69, 9.17) is 0 Å². The number of aliphatic hydroxyl groups is 2. The number of rotatable bonds is 4. The first-order valence-corrected chi connectivity index (χ1v) is 5.99. The molecule has 1 aromatic carbocycles. The second-order valence-corrected chi connectivity index (χ2v) is 4.92. The van der Waals surface area contributed by atoms with Crippen molar-refractivity contribution in [3.05, 3.63) is 47.0 Å². The monoisotopic (exact) mass is 234 g/mol. The molecule has 2 nitrogen and oxygen atoms in total. The maximum Gasteiger partial charge on any atom is 0.0988 e. The smallest absolute Gasteiger partial charge is 0.0988 e. The van der Waals surface area contributed by atoms with Gasteiger partial charge in [-0.1, -0.05) is 48.4 Å². The number of aliphatic hydroxyl groups excluding tert-OH is 2. The Balaban J connectivity index is 2.79. The molecule has 0 saturated heterocycles. The maximum atomic E-state index is 10.1. The predicted octanol–water partition coefficient (Wildman–Crippen LogP) is 2.79. The Morgan fingerprint density at radius 1 is 1.12 bits per heavy atom. The van der Waals surface area contributed by atoms with Gasteiger partial charge in [-0.2, -0.15) is 0 Å². The standard InChI is InChI=1S/C15H22O2/c1-10(2)9-14(16)15(17)12(4)13-7-5-11(3)6-8-13/h5-9,12,14-17H,1-4H3/t12-,14-,15-/m0/s1. The fraction of sp³-hybridized carbons (Fsp3) is 0.467. The number of aryl methyl sites for hydroxylation is 1. The molecule has 0 spiro atoms. The molecule has 2 N–H and O–H groups in total. The molecule has 0 heterocycles. The summed E-state index contributed by atoms with van der Waals surface area (Å²) >= 11 is 0. The minimum absolute atomic E-state index is 0.0822. The lowest BCUT2D eigenvalue weighted by atomic mass is 9.91. The molecule has 0 radical (unpaired) electrons. The van der Waals surface area contributed by atoms with Crippen molar-refractivity contribution in [1.29, 1.82) is 0 Å². The summed E-state index contributed by atoms with van der Waals surface area (Å²) in [5, 5.41) is 19.9. The summed E-state index contributed by atoms with van der Waals surface area (Å²) in [4.78, 5) is 0. The normalized spacial score (nSPS) is 16.1. The van der Waals surface area contributed by atoms with Gasteiger partial charge in [0.2, 0.25) is 0 Å². The SMILES string of the molecule is CC(C)=C[C@H](O)[C@@H](O)[C@@H](C)c1ccc(C)cc1. The Morgan fingerprint density at radius 3 is 2.12 bits per heavy atom. The van der Waals surface area contributed by atoms with Crippen molar-refractivity contribution in [2.75, 3.05) is 0 Å². The van der Waals surface area contributed by atoms with E-state index in [2.05, 4.69) is 0 Å². The van der Waals surface area contributed by atoms with Crippen LogP contribution in [0.5, 0.6) is 0 Å². The summed E-state index contributed by atoms with van der Waals surface area (Å²) < 4.78 is 0. The Morgan fingerprint density at radius 2 is 1.65 bits per heavy atom. The predicted molar refractivity (Wildman–Crippen MR) is 71.0 cm³/mol. The van der Waals surface area contributed by atoms with Crippen molar-refractivity contribution in [2.24, 2.45) is 0 Å². The molecule has 1 rings (SSSR count). The van der Waals surface area contributed by atoms with E-state index in [1.54, 1.807) is 6.08 Å². The lowest BCUT2D eigenvalue weighted by molar-refractivity contribution is 0.0332. The van der Waals surface area contributed by atoms with Crippen LogP contribution in [-0.2, 0) is 0 Å². The van der Waals surface area contributed by atoms with Gasteiger partial charge in [0.15, 0.2) is 0 Å². The van der Waals surface area contributed by atoms with E-state index in [1.807, 2.05) is 52.0 Å². The molecule has 0 saturated carbocycles. The van der Waals surface area contributed by atoms with Crippen LogP contribution < -0.4 is 0 Å². The Kier molecular flexibility index (Phi) is 4.91. The summed E-state index contributed by atoms with van der Waals surface area (Å²) in [6.45, 7) is 7.78. The summed E-state index contributed by atoms with van der Waals surface area (Å²) in [6.07, 6.45) is 0.110. The molecule has 0 fully saturated rings.